The van der Waals surface area contributed by atoms with Crippen molar-refractivity contribution in [3.8, 4) is 16.5 Å². The molecule has 29 heavy (non-hydrogen) atoms. The lowest BCUT2D eigenvalue weighted by atomic mass is 10.2. The lowest BCUT2D eigenvalue weighted by Gasteiger charge is -2.13. The van der Waals surface area contributed by atoms with Gasteiger partial charge in [0.1, 0.15) is 11.7 Å². The molecular formula is C20H15Cl2N5OS. The Morgan fingerprint density at radius 3 is 2.59 bits per heavy atom. The number of amidine groups is 1. The lowest BCUT2D eigenvalue weighted by Crippen LogP contribution is -2.23. The van der Waals surface area contributed by atoms with E-state index in [-0.39, 0.29) is 5.56 Å². The summed E-state index contributed by atoms with van der Waals surface area (Å²) in [6.07, 6.45) is 1.48. The van der Waals surface area contributed by atoms with E-state index in [4.69, 9.17) is 33.6 Å². The Hall–Kier alpha value is -2.74. The number of nitrogens with one attached hydrogen (secondary N) is 1. The summed E-state index contributed by atoms with van der Waals surface area (Å²) in [6.45, 7) is 0. The Kier molecular flexibility index (Phi) is 5.12. The fourth-order valence-corrected chi connectivity index (χ4v) is 4.03. The summed E-state index contributed by atoms with van der Waals surface area (Å²) in [4.78, 5) is 24.8. The molecule has 0 amide bonds. The predicted octanol–water partition coefficient (Wildman–Crippen LogP) is 4.70. The van der Waals surface area contributed by atoms with E-state index in [1.165, 1.54) is 22.1 Å². The van der Waals surface area contributed by atoms with E-state index in [9.17, 15) is 4.79 Å². The summed E-state index contributed by atoms with van der Waals surface area (Å²) in [5, 5.41) is 11.4. The van der Waals surface area contributed by atoms with Crippen LogP contribution < -0.4 is 5.56 Å². The minimum atomic E-state index is -0.278. The monoisotopic (exact) mass is 443 g/mol. The van der Waals surface area contributed by atoms with Gasteiger partial charge in [-0.2, -0.15) is 0 Å². The number of halogens is 2. The van der Waals surface area contributed by atoms with Crippen molar-refractivity contribution >= 4 is 51.3 Å². The van der Waals surface area contributed by atoms with Crippen LogP contribution in [0.4, 0.5) is 0 Å². The van der Waals surface area contributed by atoms with Crippen molar-refractivity contribution in [3.63, 3.8) is 0 Å². The molecule has 0 spiro atoms. The zero-order valence-electron chi connectivity index (χ0n) is 15.5. The van der Waals surface area contributed by atoms with Gasteiger partial charge in [0.2, 0.25) is 0 Å². The van der Waals surface area contributed by atoms with Crippen LogP contribution in [-0.4, -0.2) is 39.4 Å². The molecule has 4 aromatic rings. The number of fused-ring (bicyclic) bond motifs is 1. The van der Waals surface area contributed by atoms with Gasteiger partial charge < -0.3 is 4.90 Å². The van der Waals surface area contributed by atoms with Crippen molar-refractivity contribution in [2.45, 2.75) is 0 Å². The van der Waals surface area contributed by atoms with Gasteiger partial charge in [-0.25, -0.2) is 14.5 Å². The molecule has 1 N–H and O–H groups in total. The molecule has 1 aromatic carbocycles. The van der Waals surface area contributed by atoms with Crippen LogP contribution in [0.1, 0.15) is 5.56 Å². The molecule has 0 bridgehead atoms. The summed E-state index contributed by atoms with van der Waals surface area (Å²) in [6, 6.07) is 10.2. The molecule has 0 atom stereocenters. The van der Waals surface area contributed by atoms with Crippen LogP contribution in [0.15, 0.2) is 52.8 Å². The zero-order chi connectivity index (χ0) is 20.7. The molecule has 0 unspecified atom stereocenters. The molecule has 0 aliphatic heterocycles. The summed E-state index contributed by atoms with van der Waals surface area (Å²) >= 11 is 13.5. The number of hydrogen-bond acceptors (Lipinski definition) is 5. The van der Waals surface area contributed by atoms with Crippen LogP contribution >= 0.6 is 34.5 Å². The second-order valence-corrected chi connectivity index (χ2v) is 8.30. The van der Waals surface area contributed by atoms with Gasteiger partial charge in [-0.1, -0.05) is 23.2 Å². The Morgan fingerprint density at radius 1 is 1.14 bits per heavy atom. The SMILES string of the molecule is CN(C)C(=N)c1csc(-c2nc3ccc(Cl)cc3c(=O)n2-c2ccc(Cl)cn2)c1. The van der Waals surface area contributed by atoms with E-state index in [1.54, 1.807) is 35.2 Å². The summed E-state index contributed by atoms with van der Waals surface area (Å²) in [5.41, 5.74) is 1.01. The van der Waals surface area contributed by atoms with Crippen LogP contribution in [-0.2, 0) is 0 Å². The zero-order valence-corrected chi connectivity index (χ0v) is 17.8. The van der Waals surface area contributed by atoms with Crippen molar-refractivity contribution in [1.29, 1.82) is 5.41 Å². The fourth-order valence-electron chi connectivity index (χ4n) is 2.87. The molecule has 0 aliphatic rings. The van der Waals surface area contributed by atoms with Crippen LogP contribution in [0.2, 0.25) is 10.0 Å². The molecule has 6 nitrogen and oxygen atoms in total. The van der Waals surface area contributed by atoms with E-state index in [1.807, 2.05) is 25.5 Å². The van der Waals surface area contributed by atoms with Gasteiger partial charge in [0, 0.05) is 36.3 Å². The molecule has 3 aromatic heterocycles. The molecule has 3 heterocycles. The smallest absolute Gasteiger partial charge is 0.267 e. The third kappa shape index (κ3) is 3.64. The van der Waals surface area contributed by atoms with E-state index in [0.29, 0.717) is 38.4 Å². The number of hydrogen-bond donors (Lipinski definition) is 1. The molecule has 0 saturated heterocycles. The molecule has 146 valence electrons. The van der Waals surface area contributed by atoms with Gasteiger partial charge in [0.15, 0.2) is 5.82 Å². The minimum Gasteiger partial charge on any atom is -0.363 e. The number of rotatable bonds is 3. The molecule has 9 heteroatoms. The van der Waals surface area contributed by atoms with Gasteiger partial charge in [-0.15, -0.1) is 11.3 Å². The van der Waals surface area contributed by atoms with E-state index in [0.717, 1.165) is 10.4 Å². The first-order valence-electron chi connectivity index (χ1n) is 8.54. The number of thiophene rings is 1. The molecule has 0 fully saturated rings. The minimum absolute atomic E-state index is 0.278. The normalized spacial score (nSPS) is 11.0. The first-order valence-corrected chi connectivity index (χ1v) is 10.2. The second kappa shape index (κ2) is 7.59. The average molecular weight is 444 g/mol. The standard InChI is InChI=1S/C20H15Cl2N5OS/c1-26(2)18(23)11-7-16(29-10-11)19-25-15-5-3-12(21)8-14(15)20(28)27(19)17-6-4-13(22)9-24-17/h3-10,23H,1-2H3. The molecule has 0 aliphatic carbocycles. The number of aromatic nitrogens is 3. The van der Waals surface area contributed by atoms with Gasteiger partial charge >= 0.3 is 0 Å². The third-order valence-electron chi connectivity index (χ3n) is 4.31. The Labute approximate surface area is 180 Å². The van der Waals surface area contributed by atoms with E-state index in [2.05, 4.69) is 4.98 Å². The van der Waals surface area contributed by atoms with Gasteiger partial charge in [0.25, 0.3) is 5.56 Å². The summed E-state index contributed by atoms with van der Waals surface area (Å²) in [5.74, 6) is 1.22. The summed E-state index contributed by atoms with van der Waals surface area (Å²) < 4.78 is 1.45. The molecule has 4 rings (SSSR count). The number of pyridine rings is 1. The van der Waals surface area contributed by atoms with Gasteiger partial charge in [-0.3, -0.25) is 10.2 Å². The first-order chi connectivity index (χ1) is 13.8. The third-order valence-corrected chi connectivity index (χ3v) is 5.70. The van der Waals surface area contributed by atoms with Crippen LogP contribution in [0.5, 0.6) is 0 Å². The largest absolute Gasteiger partial charge is 0.363 e. The van der Waals surface area contributed by atoms with Crippen LogP contribution in [0.25, 0.3) is 27.4 Å². The Bertz CT molecular complexity index is 1290. The maximum absolute atomic E-state index is 13.4. The maximum atomic E-state index is 13.4. The van der Waals surface area contributed by atoms with Crippen LogP contribution in [0.3, 0.4) is 0 Å². The van der Waals surface area contributed by atoms with Gasteiger partial charge in [0.05, 0.1) is 20.8 Å². The maximum Gasteiger partial charge on any atom is 0.267 e. The fraction of sp³-hybridized carbons (Fsp3) is 0.100. The van der Waals surface area contributed by atoms with Crippen molar-refractivity contribution in [3.05, 3.63) is 73.9 Å². The van der Waals surface area contributed by atoms with E-state index >= 15 is 0 Å². The highest BCUT2D eigenvalue weighted by molar-refractivity contribution is 7.13. The average Bonchev–Trinajstić information content (AvgIpc) is 3.18. The number of nitrogens with zero attached hydrogens (tertiary/aromatic N) is 4. The van der Waals surface area contributed by atoms with Crippen molar-refractivity contribution < 1.29 is 0 Å². The van der Waals surface area contributed by atoms with Crippen molar-refractivity contribution in [2.24, 2.45) is 0 Å². The highest BCUT2D eigenvalue weighted by Crippen LogP contribution is 2.29. The van der Waals surface area contributed by atoms with Crippen molar-refractivity contribution in [1.82, 2.24) is 19.4 Å². The van der Waals surface area contributed by atoms with E-state index < -0.39 is 0 Å². The second-order valence-electron chi connectivity index (χ2n) is 6.51. The quantitative estimate of drug-likeness (QED) is 0.367. The molecule has 0 saturated carbocycles. The first kappa shape index (κ1) is 19.6. The Morgan fingerprint density at radius 2 is 1.90 bits per heavy atom. The summed E-state index contributed by atoms with van der Waals surface area (Å²) in [7, 11) is 3.62. The van der Waals surface area contributed by atoms with Crippen molar-refractivity contribution in [2.75, 3.05) is 14.1 Å². The topological polar surface area (TPSA) is 74.9 Å². The highest BCUT2D eigenvalue weighted by atomic mass is 35.5. The van der Waals surface area contributed by atoms with Crippen LogP contribution in [0, 0.1) is 5.41 Å². The molecular weight excluding hydrogens is 429 g/mol. The Balaban J connectivity index is 2.01. The van der Waals surface area contributed by atoms with Gasteiger partial charge in [-0.05, 0) is 36.4 Å². The lowest BCUT2D eigenvalue weighted by molar-refractivity contribution is 0.619. The highest BCUT2D eigenvalue weighted by Gasteiger charge is 2.18. The molecule has 0 radical (unpaired) electrons. The number of benzene rings is 1. The predicted molar refractivity (Wildman–Crippen MR) is 119 cm³/mol.